The van der Waals surface area contributed by atoms with Gasteiger partial charge in [-0.1, -0.05) is 0 Å². The summed E-state index contributed by atoms with van der Waals surface area (Å²) >= 11 is 0. The van der Waals surface area contributed by atoms with Crippen molar-refractivity contribution in [1.29, 1.82) is 0 Å². The van der Waals surface area contributed by atoms with E-state index in [1.807, 2.05) is 6.92 Å². The van der Waals surface area contributed by atoms with Gasteiger partial charge in [-0.2, -0.15) is 0 Å². The Morgan fingerprint density at radius 3 is 2.87 bits per heavy atom. The van der Waals surface area contributed by atoms with Gasteiger partial charge in [0, 0.05) is 13.2 Å². The fourth-order valence-corrected chi connectivity index (χ4v) is 2.38. The number of rotatable bonds is 6. The predicted octanol–water partition coefficient (Wildman–Crippen LogP) is 2.00. The molecular weight excluding hydrogens is 192 g/mol. The lowest BCUT2D eigenvalue weighted by molar-refractivity contribution is 0.0318. The van der Waals surface area contributed by atoms with Crippen molar-refractivity contribution in [3.8, 4) is 0 Å². The molecule has 0 aromatic rings. The van der Waals surface area contributed by atoms with Crippen LogP contribution in [0.3, 0.4) is 0 Å². The number of epoxide rings is 1. The van der Waals surface area contributed by atoms with Crippen LogP contribution in [0.4, 0.5) is 0 Å². The van der Waals surface area contributed by atoms with Crippen LogP contribution < -0.4 is 0 Å². The lowest BCUT2D eigenvalue weighted by Gasteiger charge is -2.22. The molecule has 2 fully saturated rings. The molecule has 0 bridgehead atoms. The van der Waals surface area contributed by atoms with Gasteiger partial charge in [0.05, 0.1) is 24.9 Å². The molecule has 3 unspecified atom stereocenters. The predicted molar refractivity (Wildman–Crippen MR) is 57.9 cm³/mol. The largest absolute Gasteiger partial charge is 0.379 e. The van der Waals surface area contributed by atoms with E-state index < -0.39 is 0 Å². The van der Waals surface area contributed by atoms with Crippen LogP contribution in [0.5, 0.6) is 0 Å². The summed E-state index contributed by atoms with van der Waals surface area (Å²) in [6.07, 6.45) is 4.16. The van der Waals surface area contributed by atoms with Crippen molar-refractivity contribution < 1.29 is 14.2 Å². The first-order valence-corrected chi connectivity index (χ1v) is 6.08. The molecule has 3 heteroatoms. The summed E-state index contributed by atoms with van der Waals surface area (Å²) in [5, 5.41) is 0. The van der Waals surface area contributed by atoms with Crippen LogP contribution in [0.15, 0.2) is 0 Å². The summed E-state index contributed by atoms with van der Waals surface area (Å²) in [4.78, 5) is 0. The van der Waals surface area contributed by atoms with Crippen molar-refractivity contribution in [3.05, 3.63) is 0 Å². The zero-order chi connectivity index (χ0) is 10.7. The minimum absolute atomic E-state index is 0.238. The van der Waals surface area contributed by atoms with Crippen molar-refractivity contribution in [2.45, 2.75) is 44.8 Å². The van der Waals surface area contributed by atoms with Crippen LogP contribution in [0.1, 0.15) is 33.1 Å². The van der Waals surface area contributed by atoms with Gasteiger partial charge in [-0.3, -0.25) is 0 Å². The van der Waals surface area contributed by atoms with Gasteiger partial charge in [-0.25, -0.2) is 0 Å². The summed E-state index contributed by atoms with van der Waals surface area (Å²) < 4.78 is 16.5. The van der Waals surface area contributed by atoms with Gasteiger partial charge in [-0.05, 0) is 39.0 Å². The molecule has 0 spiro atoms. The lowest BCUT2D eigenvalue weighted by atomic mass is 9.83. The van der Waals surface area contributed by atoms with Gasteiger partial charge < -0.3 is 14.2 Å². The quantitative estimate of drug-likeness (QED) is 0.500. The van der Waals surface area contributed by atoms with Crippen molar-refractivity contribution in [1.82, 2.24) is 0 Å². The standard InChI is InChI=1S/C12H22O3/c1-3-13-6-7-14-9-10-4-5-12(2)11(8-10)15-12/h10-11H,3-9H2,1-2H3. The Balaban J connectivity index is 1.53. The topological polar surface area (TPSA) is 31.0 Å². The van der Waals surface area contributed by atoms with E-state index in [-0.39, 0.29) is 5.60 Å². The molecule has 1 heterocycles. The van der Waals surface area contributed by atoms with E-state index in [0.717, 1.165) is 26.4 Å². The van der Waals surface area contributed by atoms with E-state index in [4.69, 9.17) is 14.2 Å². The highest BCUT2D eigenvalue weighted by molar-refractivity contribution is 5.03. The molecule has 1 saturated carbocycles. The second kappa shape index (κ2) is 4.81. The number of ether oxygens (including phenoxy) is 3. The molecule has 1 aliphatic heterocycles. The molecule has 2 rings (SSSR count). The highest BCUT2D eigenvalue weighted by Crippen LogP contribution is 2.49. The molecular formula is C12H22O3. The molecule has 3 atom stereocenters. The van der Waals surface area contributed by atoms with Gasteiger partial charge in [-0.15, -0.1) is 0 Å². The van der Waals surface area contributed by atoms with Gasteiger partial charge in [0.15, 0.2) is 0 Å². The lowest BCUT2D eigenvalue weighted by Crippen LogP contribution is -2.24. The molecule has 1 saturated heterocycles. The summed E-state index contributed by atoms with van der Waals surface area (Å²) in [6.45, 7) is 7.34. The molecule has 0 radical (unpaired) electrons. The molecule has 0 N–H and O–H groups in total. The van der Waals surface area contributed by atoms with Crippen molar-refractivity contribution in [3.63, 3.8) is 0 Å². The van der Waals surface area contributed by atoms with Gasteiger partial charge in [0.1, 0.15) is 0 Å². The first-order chi connectivity index (χ1) is 7.24. The van der Waals surface area contributed by atoms with Crippen LogP contribution in [0.25, 0.3) is 0 Å². The Morgan fingerprint density at radius 2 is 2.13 bits per heavy atom. The van der Waals surface area contributed by atoms with E-state index in [1.54, 1.807) is 0 Å². The molecule has 3 nitrogen and oxygen atoms in total. The maximum atomic E-state index is 5.66. The van der Waals surface area contributed by atoms with Crippen LogP contribution in [0, 0.1) is 5.92 Å². The van der Waals surface area contributed by atoms with E-state index in [2.05, 4.69) is 6.92 Å². The fourth-order valence-electron chi connectivity index (χ4n) is 2.38. The van der Waals surface area contributed by atoms with Crippen LogP contribution >= 0.6 is 0 Å². The molecule has 0 amide bonds. The monoisotopic (exact) mass is 214 g/mol. The molecule has 88 valence electrons. The maximum Gasteiger partial charge on any atom is 0.0920 e. The second-order valence-corrected chi connectivity index (χ2v) is 4.83. The number of hydrogen-bond donors (Lipinski definition) is 0. The van der Waals surface area contributed by atoms with Crippen LogP contribution in [0.2, 0.25) is 0 Å². The average molecular weight is 214 g/mol. The highest BCUT2D eigenvalue weighted by Gasteiger charge is 2.55. The molecule has 1 aliphatic carbocycles. The van der Waals surface area contributed by atoms with E-state index in [9.17, 15) is 0 Å². The zero-order valence-electron chi connectivity index (χ0n) is 9.83. The van der Waals surface area contributed by atoms with Gasteiger partial charge >= 0.3 is 0 Å². The second-order valence-electron chi connectivity index (χ2n) is 4.83. The number of fused-ring (bicyclic) bond motifs is 1. The summed E-state index contributed by atoms with van der Waals surface area (Å²) in [5.74, 6) is 0.701. The molecule has 0 aromatic carbocycles. The van der Waals surface area contributed by atoms with Crippen LogP contribution in [-0.4, -0.2) is 38.1 Å². The average Bonchev–Trinajstić information content (AvgIpc) is 2.89. The Hall–Kier alpha value is -0.120. The third-order valence-electron chi connectivity index (χ3n) is 3.56. The van der Waals surface area contributed by atoms with E-state index in [0.29, 0.717) is 12.0 Å². The van der Waals surface area contributed by atoms with Crippen molar-refractivity contribution in [2.75, 3.05) is 26.4 Å². The minimum atomic E-state index is 0.238. The summed E-state index contributed by atoms with van der Waals surface area (Å²) in [5.41, 5.74) is 0.238. The Morgan fingerprint density at radius 1 is 1.33 bits per heavy atom. The Kier molecular flexibility index (Phi) is 3.65. The molecule has 15 heavy (non-hydrogen) atoms. The third-order valence-corrected chi connectivity index (χ3v) is 3.56. The normalized spacial score (nSPS) is 38.8. The first kappa shape index (κ1) is 11.4. The SMILES string of the molecule is CCOCCOCC1CCC2(C)OC2C1. The smallest absolute Gasteiger partial charge is 0.0920 e. The molecule has 2 aliphatic rings. The third kappa shape index (κ3) is 2.92. The molecule has 0 aromatic heterocycles. The van der Waals surface area contributed by atoms with E-state index in [1.165, 1.54) is 19.3 Å². The summed E-state index contributed by atoms with van der Waals surface area (Å²) in [6, 6.07) is 0. The number of hydrogen-bond acceptors (Lipinski definition) is 3. The Labute approximate surface area is 92.1 Å². The highest BCUT2D eigenvalue weighted by atomic mass is 16.6. The van der Waals surface area contributed by atoms with Crippen molar-refractivity contribution in [2.24, 2.45) is 5.92 Å². The minimum Gasteiger partial charge on any atom is -0.379 e. The van der Waals surface area contributed by atoms with Crippen LogP contribution in [-0.2, 0) is 14.2 Å². The fraction of sp³-hybridized carbons (Fsp3) is 1.00. The summed E-state index contributed by atoms with van der Waals surface area (Å²) in [7, 11) is 0. The van der Waals surface area contributed by atoms with Gasteiger partial charge in [0.25, 0.3) is 0 Å². The van der Waals surface area contributed by atoms with E-state index >= 15 is 0 Å². The first-order valence-electron chi connectivity index (χ1n) is 6.08. The Bertz CT molecular complexity index is 207. The maximum absolute atomic E-state index is 5.66. The van der Waals surface area contributed by atoms with Crippen molar-refractivity contribution >= 4 is 0 Å². The zero-order valence-corrected chi connectivity index (χ0v) is 9.83. The van der Waals surface area contributed by atoms with Gasteiger partial charge in [0.2, 0.25) is 0 Å².